The van der Waals surface area contributed by atoms with Crippen LogP contribution in [-0.2, 0) is 0 Å². The van der Waals surface area contributed by atoms with Crippen molar-refractivity contribution in [2.24, 2.45) is 0 Å². The number of anilines is 2. The van der Waals surface area contributed by atoms with Gasteiger partial charge in [0, 0.05) is 38.8 Å². The van der Waals surface area contributed by atoms with Gasteiger partial charge in [-0.25, -0.2) is 9.97 Å². The molecular formula is C19H25N5O. The number of nitrogens with zero attached hydrogens (tertiary/aromatic N) is 3. The first kappa shape index (κ1) is 17.4. The summed E-state index contributed by atoms with van der Waals surface area (Å²) in [5.74, 6) is 1.63. The van der Waals surface area contributed by atoms with Crippen LogP contribution in [0.25, 0.3) is 6.08 Å². The summed E-state index contributed by atoms with van der Waals surface area (Å²) in [7, 11) is 1.84. The second-order valence-electron chi connectivity index (χ2n) is 6.18. The van der Waals surface area contributed by atoms with Gasteiger partial charge in [-0.2, -0.15) is 0 Å². The molecule has 3 rings (SSSR count). The first-order chi connectivity index (χ1) is 12.3. The molecule has 3 N–H and O–H groups in total. The van der Waals surface area contributed by atoms with Crippen LogP contribution in [0.2, 0.25) is 0 Å². The Morgan fingerprint density at radius 1 is 1.28 bits per heavy atom. The smallest absolute Gasteiger partial charge is 0.134 e. The minimum absolute atomic E-state index is 0.222. The summed E-state index contributed by atoms with van der Waals surface area (Å²) in [5, 5.41) is 16.5. The van der Waals surface area contributed by atoms with E-state index in [4.69, 9.17) is 0 Å². The average Bonchev–Trinajstić information content (AvgIpc) is 3.03. The maximum Gasteiger partial charge on any atom is 0.134 e. The Morgan fingerprint density at radius 2 is 2.12 bits per heavy atom. The van der Waals surface area contributed by atoms with Crippen molar-refractivity contribution in [1.29, 1.82) is 0 Å². The fourth-order valence-electron chi connectivity index (χ4n) is 3.10. The number of hydrogen-bond acceptors (Lipinski definition) is 6. The number of nitrogens with one attached hydrogen (secondary N) is 2. The van der Waals surface area contributed by atoms with E-state index in [1.54, 1.807) is 6.33 Å². The van der Waals surface area contributed by atoms with E-state index in [9.17, 15) is 5.11 Å². The molecule has 0 aliphatic carbocycles. The van der Waals surface area contributed by atoms with E-state index >= 15 is 0 Å². The molecule has 1 saturated heterocycles. The van der Waals surface area contributed by atoms with Gasteiger partial charge in [-0.05, 0) is 12.0 Å². The largest absolute Gasteiger partial charge is 0.391 e. The highest BCUT2D eigenvalue weighted by atomic mass is 16.3. The molecule has 1 fully saturated rings. The van der Waals surface area contributed by atoms with Gasteiger partial charge >= 0.3 is 0 Å². The third-order valence-electron chi connectivity index (χ3n) is 4.35. The van der Waals surface area contributed by atoms with Crippen LogP contribution in [-0.4, -0.2) is 53.9 Å². The standard InChI is InChI=1S/C19H25N5O/c1-20-18-11-19(23-14-22-18)24-13-17(25)10-16(24)12-21-9-5-8-15-6-3-2-4-7-15/h2-8,11,14,16-17,21,25H,9-10,12-13H2,1H3,(H,20,22,23)/b8-5+/t16-,17-/m1/s1. The Morgan fingerprint density at radius 3 is 2.92 bits per heavy atom. The highest BCUT2D eigenvalue weighted by Crippen LogP contribution is 2.24. The lowest BCUT2D eigenvalue weighted by molar-refractivity contribution is 0.194. The normalized spacial score (nSPS) is 20.3. The first-order valence-electron chi connectivity index (χ1n) is 8.63. The van der Waals surface area contributed by atoms with Gasteiger partial charge in [0.15, 0.2) is 0 Å². The maximum absolute atomic E-state index is 10.1. The molecule has 132 valence electrons. The number of aromatic nitrogens is 2. The fourth-order valence-corrected chi connectivity index (χ4v) is 3.10. The van der Waals surface area contributed by atoms with Crippen molar-refractivity contribution in [2.45, 2.75) is 18.6 Å². The van der Waals surface area contributed by atoms with Gasteiger partial charge in [-0.3, -0.25) is 0 Å². The zero-order chi connectivity index (χ0) is 17.5. The molecule has 6 nitrogen and oxygen atoms in total. The van der Waals surface area contributed by atoms with E-state index in [0.29, 0.717) is 6.54 Å². The molecule has 0 unspecified atom stereocenters. The summed E-state index contributed by atoms with van der Waals surface area (Å²) in [6.45, 7) is 2.20. The molecular weight excluding hydrogens is 314 g/mol. The highest BCUT2D eigenvalue weighted by Gasteiger charge is 2.31. The molecule has 0 bridgehead atoms. The third kappa shape index (κ3) is 4.78. The number of aliphatic hydroxyl groups is 1. The molecule has 0 amide bonds. The summed E-state index contributed by atoms with van der Waals surface area (Å²) >= 11 is 0. The lowest BCUT2D eigenvalue weighted by atomic mass is 10.2. The first-order valence-corrected chi connectivity index (χ1v) is 8.63. The topological polar surface area (TPSA) is 73.3 Å². The Hall–Kier alpha value is -2.44. The summed E-state index contributed by atoms with van der Waals surface area (Å²) in [5.41, 5.74) is 1.20. The van der Waals surface area contributed by atoms with Crippen molar-refractivity contribution >= 4 is 17.7 Å². The summed E-state index contributed by atoms with van der Waals surface area (Å²) in [6, 6.07) is 12.4. The van der Waals surface area contributed by atoms with Crippen LogP contribution in [0, 0.1) is 0 Å². The van der Waals surface area contributed by atoms with Gasteiger partial charge in [0.25, 0.3) is 0 Å². The predicted octanol–water partition coefficient (Wildman–Crippen LogP) is 1.76. The minimum Gasteiger partial charge on any atom is -0.391 e. The van der Waals surface area contributed by atoms with Crippen molar-refractivity contribution in [2.75, 3.05) is 36.9 Å². The van der Waals surface area contributed by atoms with Gasteiger partial charge < -0.3 is 20.6 Å². The van der Waals surface area contributed by atoms with E-state index in [1.807, 2.05) is 31.3 Å². The molecule has 0 saturated carbocycles. The second-order valence-corrected chi connectivity index (χ2v) is 6.18. The monoisotopic (exact) mass is 339 g/mol. The van der Waals surface area contributed by atoms with Gasteiger partial charge in [0.05, 0.1) is 6.10 Å². The predicted molar refractivity (Wildman–Crippen MR) is 102 cm³/mol. The lowest BCUT2D eigenvalue weighted by Crippen LogP contribution is -2.38. The van der Waals surface area contributed by atoms with E-state index in [1.165, 1.54) is 5.56 Å². The van der Waals surface area contributed by atoms with Crippen molar-refractivity contribution in [3.63, 3.8) is 0 Å². The molecule has 1 aromatic carbocycles. The van der Waals surface area contributed by atoms with Crippen LogP contribution >= 0.6 is 0 Å². The molecule has 0 radical (unpaired) electrons. The lowest BCUT2D eigenvalue weighted by Gasteiger charge is -2.25. The third-order valence-corrected chi connectivity index (χ3v) is 4.35. The molecule has 6 heteroatoms. The van der Waals surface area contributed by atoms with Gasteiger partial charge in [-0.15, -0.1) is 0 Å². The molecule has 0 spiro atoms. The summed E-state index contributed by atoms with van der Waals surface area (Å²) in [6.07, 6.45) is 6.21. The Labute approximate surface area is 148 Å². The molecule has 1 aliphatic heterocycles. The average molecular weight is 339 g/mol. The zero-order valence-corrected chi connectivity index (χ0v) is 14.5. The van der Waals surface area contributed by atoms with Gasteiger partial charge in [-0.1, -0.05) is 42.5 Å². The Bertz CT molecular complexity index is 691. The molecule has 1 aromatic heterocycles. The molecule has 1 aliphatic rings. The van der Waals surface area contributed by atoms with Crippen molar-refractivity contribution < 1.29 is 5.11 Å². The Kier molecular flexibility index (Phi) is 5.98. The number of benzene rings is 1. The highest BCUT2D eigenvalue weighted by molar-refractivity contribution is 5.50. The number of rotatable bonds is 7. The molecule has 2 atom stereocenters. The van der Waals surface area contributed by atoms with E-state index in [-0.39, 0.29) is 12.1 Å². The van der Waals surface area contributed by atoms with E-state index in [2.05, 4.69) is 49.8 Å². The SMILES string of the molecule is CNc1cc(N2C[C@H](O)C[C@@H]2CNC/C=C/c2ccccc2)ncn1. The summed E-state index contributed by atoms with van der Waals surface area (Å²) < 4.78 is 0. The van der Waals surface area contributed by atoms with E-state index in [0.717, 1.165) is 31.1 Å². The van der Waals surface area contributed by atoms with Crippen molar-refractivity contribution in [3.05, 3.63) is 54.4 Å². The Balaban J connectivity index is 1.54. The zero-order valence-electron chi connectivity index (χ0n) is 14.5. The molecule has 25 heavy (non-hydrogen) atoms. The quantitative estimate of drug-likeness (QED) is 0.668. The molecule has 2 heterocycles. The van der Waals surface area contributed by atoms with Crippen LogP contribution in [0.5, 0.6) is 0 Å². The maximum atomic E-state index is 10.1. The molecule has 2 aromatic rings. The minimum atomic E-state index is -0.320. The van der Waals surface area contributed by atoms with Crippen LogP contribution in [0.15, 0.2) is 48.8 Å². The van der Waals surface area contributed by atoms with Crippen LogP contribution < -0.4 is 15.5 Å². The number of aliphatic hydroxyl groups excluding tert-OH is 1. The fraction of sp³-hybridized carbons (Fsp3) is 0.368. The van der Waals surface area contributed by atoms with Crippen LogP contribution in [0.1, 0.15) is 12.0 Å². The van der Waals surface area contributed by atoms with Gasteiger partial charge in [0.1, 0.15) is 18.0 Å². The number of β-amino-alcohol motifs (C(OH)–C–C–N with tert-alkyl or cyclic N) is 1. The number of hydrogen-bond donors (Lipinski definition) is 3. The van der Waals surface area contributed by atoms with Crippen LogP contribution in [0.3, 0.4) is 0 Å². The van der Waals surface area contributed by atoms with Crippen molar-refractivity contribution in [3.8, 4) is 0 Å². The van der Waals surface area contributed by atoms with Crippen molar-refractivity contribution in [1.82, 2.24) is 15.3 Å². The van der Waals surface area contributed by atoms with Crippen LogP contribution in [0.4, 0.5) is 11.6 Å². The van der Waals surface area contributed by atoms with E-state index < -0.39 is 0 Å². The van der Waals surface area contributed by atoms with Gasteiger partial charge in [0.2, 0.25) is 0 Å². The second kappa shape index (κ2) is 8.60. The summed E-state index contributed by atoms with van der Waals surface area (Å²) in [4.78, 5) is 10.7.